The SMILES string of the molecule is Brc1cccc2cncnc12.C=CC(=O)Cl.C=CC(=O)N1CCN(c2ncnc3cc(-c4cccc5cncnc45)c(Cl)cc23)CC1.CC(C)(C)OC(=O)N1CCN(c2ncnc3cc(-c4cccc5cncnc45)c(Cl)cc23)CC1.Clc1cc2c(N3CCCCC3)ncnc2cc1Br.O[B]Oc1cc2ncnc(N3CCCCC3)c2cc1Cl. The van der Waals surface area contributed by atoms with Gasteiger partial charge in [-0.2, -0.15) is 0 Å². The van der Waals surface area contributed by atoms with E-state index in [9.17, 15) is 14.4 Å². The van der Waals surface area contributed by atoms with Crippen molar-refractivity contribution < 1.29 is 28.8 Å². The first-order valence-corrected chi connectivity index (χ1v) is 41.6. The van der Waals surface area contributed by atoms with Crippen LogP contribution < -0.4 is 24.3 Å². The lowest BCUT2D eigenvalue weighted by atomic mass is 10.0. The molecule has 4 saturated heterocycles. The predicted octanol–water partition coefficient (Wildman–Crippen LogP) is 18.2. The highest BCUT2D eigenvalue weighted by Crippen LogP contribution is 2.41. The van der Waals surface area contributed by atoms with E-state index >= 15 is 0 Å². The van der Waals surface area contributed by atoms with Gasteiger partial charge in [0.15, 0.2) is 0 Å². The molecule has 0 aliphatic carbocycles. The maximum atomic E-state index is 12.4. The fourth-order valence-corrected chi connectivity index (χ4v) is 15.8. The van der Waals surface area contributed by atoms with Crippen molar-refractivity contribution in [2.24, 2.45) is 0 Å². The summed E-state index contributed by atoms with van der Waals surface area (Å²) in [6.07, 6.45) is 25.8. The van der Waals surface area contributed by atoms with E-state index in [1.807, 2.05) is 112 Å². The molecule has 7 aromatic heterocycles. The summed E-state index contributed by atoms with van der Waals surface area (Å²) in [7, 11) is 0.611. The third-order valence-corrected chi connectivity index (χ3v) is 22.7. The molecule has 0 bridgehead atoms. The molecule has 34 heteroatoms. The van der Waals surface area contributed by atoms with Gasteiger partial charge in [-0.3, -0.25) is 9.59 Å². The summed E-state index contributed by atoms with van der Waals surface area (Å²) in [5.74, 6) is 3.89. The maximum Gasteiger partial charge on any atom is 0.569 e. The number of carbonyl (C=O) groups is 3. The number of amides is 2. The number of hydrogen-bond acceptors (Lipinski definition) is 24. The summed E-state index contributed by atoms with van der Waals surface area (Å²) in [4.78, 5) is 107. The Morgan fingerprint density at radius 1 is 0.429 bits per heavy atom. The van der Waals surface area contributed by atoms with Gasteiger partial charge in [-0.05, 0) is 163 Å². The Labute approximate surface area is 728 Å². The molecular weight excluding hydrogens is 1740 g/mol. The molecule has 18 rings (SSSR count). The first-order chi connectivity index (χ1) is 57.6. The molecule has 0 atom stereocenters. The highest BCUT2D eigenvalue weighted by molar-refractivity contribution is 9.11. The minimum Gasteiger partial charge on any atom is -0.536 e. The Kier molecular flexibility index (Phi) is 29.2. The van der Waals surface area contributed by atoms with E-state index in [2.05, 4.69) is 134 Å². The van der Waals surface area contributed by atoms with Gasteiger partial charge in [-0.1, -0.05) is 108 Å². The molecule has 0 spiro atoms. The lowest BCUT2D eigenvalue weighted by molar-refractivity contribution is -0.126. The van der Waals surface area contributed by atoms with E-state index in [0.29, 0.717) is 85.9 Å². The average molecular weight is 1820 g/mol. The Morgan fingerprint density at radius 2 is 0.807 bits per heavy atom. The van der Waals surface area contributed by atoms with Gasteiger partial charge in [0.05, 0.1) is 48.7 Å². The topological polar surface area (TPSA) is 290 Å². The minimum atomic E-state index is -0.512. The number of anilines is 4. The van der Waals surface area contributed by atoms with Crippen LogP contribution in [0.1, 0.15) is 59.3 Å². The molecule has 11 heterocycles. The summed E-state index contributed by atoms with van der Waals surface area (Å²) in [5, 5.41) is 17.2. The molecule has 607 valence electrons. The third-order valence-electron chi connectivity index (χ3n) is 19.8. The summed E-state index contributed by atoms with van der Waals surface area (Å²) in [6.45, 7) is 21.4. The van der Waals surface area contributed by atoms with Crippen LogP contribution >= 0.6 is 89.9 Å². The monoisotopic (exact) mass is 1820 g/mol. The predicted molar refractivity (Wildman–Crippen MR) is 481 cm³/mol. The number of hydrogen-bond donors (Lipinski definition) is 1. The van der Waals surface area contributed by atoms with Gasteiger partial charge in [0, 0.05) is 182 Å². The summed E-state index contributed by atoms with van der Waals surface area (Å²) >= 11 is 37.4. The largest absolute Gasteiger partial charge is 0.569 e. The van der Waals surface area contributed by atoms with E-state index in [-0.39, 0.29) is 12.0 Å². The molecule has 0 saturated carbocycles. The molecule has 14 aromatic rings. The van der Waals surface area contributed by atoms with Crippen LogP contribution in [0.5, 0.6) is 5.75 Å². The lowest BCUT2D eigenvalue weighted by Crippen LogP contribution is -2.50. The number of rotatable bonds is 10. The number of aromatic nitrogens is 14. The van der Waals surface area contributed by atoms with Gasteiger partial charge in [-0.25, -0.2) is 74.6 Å². The van der Waals surface area contributed by atoms with Crippen molar-refractivity contribution in [2.45, 2.75) is 64.9 Å². The smallest absolute Gasteiger partial charge is 0.536 e. The summed E-state index contributed by atoms with van der Waals surface area (Å²) in [5.41, 5.74) is 9.00. The number of piperidine rings is 2. The fraction of sp³-hybridized carbons (Fsp3) is 0.259. The zero-order chi connectivity index (χ0) is 83.7. The van der Waals surface area contributed by atoms with Crippen LogP contribution in [0, 0.1) is 0 Å². The summed E-state index contributed by atoms with van der Waals surface area (Å²) < 4.78 is 12.3. The first-order valence-electron chi connectivity index (χ1n) is 38.1. The van der Waals surface area contributed by atoms with E-state index in [1.165, 1.54) is 57.3 Å². The van der Waals surface area contributed by atoms with Crippen LogP contribution in [0.3, 0.4) is 0 Å². The van der Waals surface area contributed by atoms with E-state index in [4.69, 9.17) is 72.4 Å². The second-order valence-corrected chi connectivity index (χ2v) is 32.3. The van der Waals surface area contributed by atoms with E-state index in [0.717, 1.165) is 163 Å². The average Bonchev–Trinajstić information content (AvgIpc) is 0.784. The fourth-order valence-electron chi connectivity index (χ4n) is 14.1. The summed E-state index contributed by atoms with van der Waals surface area (Å²) in [6, 6.07) is 33.0. The van der Waals surface area contributed by atoms with E-state index in [1.54, 1.807) is 72.2 Å². The van der Waals surface area contributed by atoms with E-state index < -0.39 is 10.8 Å². The molecule has 4 fully saturated rings. The quantitative estimate of drug-likeness (QED) is 0.0756. The number of fused-ring (bicyclic) bond motifs is 7. The highest BCUT2D eigenvalue weighted by Gasteiger charge is 2.29. The maximum absolute atomic E-state index is 12.4. The Balaban J connectivity index is 0.000000132. The van der Waals surface area contributed by atoms with Crippen molar-refractivity contribution in [3.8, 4) is 28.0 Å². The lowest BCUT2D eigenvalue weighted by Gasteiger charge is -2.36. The Hall–Kier alpha value is -10.8. The molecule has 0 unspecified atom stereocenters. The van der Waals surface area contributed by atoms with Crippen LogP contribution in [0.2, 0.25) is 20.1 Å². The second-order valence-electron chi connectivity index (χ2n) is 28.6. The molecule has 4 aliphatic heterocycles. The number of piperazine rings is 2. The van der Waals surface area contributed by atoms with Gasteiger partial charge in [-0.15, -0.1) is 0 Å². The number of benzene rings is 7. The molecule has 1 radical (unpaired) electrons. The van der Waals surface area contributed by atoms with Crippen LogP contribution in [-0.4, -0.2) is 194 Å². The van der Waals surface area contributed by atoms with Gasteiger partial charge in [0.2, 0.25) is 11.1 Å². The number of halogens is 7. The number of carbonyl (C=O) groups excluding carboxylic acids is 3. The molecule has 2 amide bonds. The highest BCUT2D eigenvalue weighted by atomic mass is 79.9. The van der Waals surface area contributed by atoms with Gasteiger partial charge >= 0.3 is 13.8 Å². The number of ether oxygens (including phenoxy) is 1. The Bertz CT molecular complexity index is 6030. The van der Waals surface area contributed by atoms with Crippen molar-refractivity contribution in [1.82, 2.24) is 79.6 Å². The normalized spacial score (nSPS) is 14.1. The zero-order valence-corrected chi connectivity index (χ0v) is 72.0. The van der Waals surface area contributed by atoms with Gasteiger partial charge < -0.3 is 43.8 Å². The first kappa shape index (κ1) is 86.1. The van der Waals surface area contributed by atoms with Crippen LogP contribution in [-0.2, 0) is 14.3 Å². The van der Waals surface area contributed by atoms with Crippen molar-refractivity contribution in [3.63, 3.8) is 0 Å². The van der Waals surface area contributed by atoms with Crippen molar-refractivity contribution in [3.05, 3.63) is 220 Å². The number of para-hydroxylation sites is 3. The third kappa shape index (κ3) is 21.3. The second kappa shape index (κ2) is 40.3. The molecule has 4 aliphatic rings. The van der Waals surface area contributed by atoms with Crippen LogP contribution in [0.4, 0.5) is 28.1 Å². The minimum absolute atomic E-state index is 0.0428. The Morgan fingerprint density at radius 3 is 1.22 bits per heavy atom. The molecule has 26 nitrogen and oxygen atoms in total. The number of allylic oxidation sites excluding steroid dienone is 1. The van der Waals surface area contributed by atoms with Crippen molar-refractivity contribution >= 4 is 214 Å². The molecule has 1 N–H and O–H groups in total. The molecule has 119 heavy (non-hydrogen) atoms. The van der Waals surface area contributed by atoms with Gasteiger partial charge in [0.1, 0.15) is 78.9 Å². The number of nitrogens with zero attached hydrogens (tertiary/aromatic N) is 20. The zero-order valence-electron chi connectivity index (χ0n) is 65.0. The van der Waals surface area contributed by atoms with Crippen molar-refractivity contribution in [1.29, 1.82) is 0 Å². The molecule has 7 aromatic carbocycles. The van der Waals surface area contributed by atoms with Crippen LogP contribution in [0.25, 0.3) is 98.6 Å². The van der Waals surface area contributed by atoms with Crippen molar-refractivity contribution in [2.75, 3.05) is 98.1 Å². The van der Waals surface area contributed by atoms with Crippen LogP contribution in [0.15, 0.2) is 200 Å². The standard InChI is InChI=1S/C25H25ClN6O2.C23H19ClN6O.C13H14BClN3O2.C13H13BrClN3.C8H5BrN2.C3H3ClO/c1-25(2,3)34-24(33)32-9-7-31(8-10-32)23-19-11-20(26)18(12-21(19)28-15-30-23)17-6-4-5-16-13-27-14-29-22(16)17;1-2-21(31)29-6-8-30(9-7-29)23-18-10-19(24)17(11-20(18)26-14-28-23)16-5-3-4-15-12-25-13-27-22(15)16;15-10-6-9-11(7-12(10)20-14-19)16-8-17-13(9)18-4-2-1-3-5-18;14-10-7-12-9(6-11(10)15)13(17-8-16-12)18-4-2-1-3-5-18;9-7-3-1-2-6-4-10-5-11-8(6)7;1-2-3(4)5/h4-6,11-15H,7-10H2,1-3H3;2-5,10-14H,1,6-9H2;6-8,19H,1-5H2;6-8H,1-5H2;1-5H;2H,1H2. The molecular formula is C85H79BBr2Cl5N20O6. The van der Waals surface area contributed by atoms with Gasteiger partial charge in [0.25, 0.3) is 0 Å².